The van der Waals surface area contributed by atoms with E-state index in [1.807, 2.05) is 30.7 Å². The number of benzene rings is 1. The van der Waals surface area contributed by atoms with Crippen LogP contribution in [0.15, 0.2) is 47.5 Å². The first kappa shape index (κ1) is 25.4. The van der Waals surface area contributed by atoms with Crippen molar-refractivity contribution in [3.8, 4) is 5.75 Å². The molecular formula is C23H28N6O3S2. The van der Waals surface area contributed by atoms with Gasteiger partial charge in [-0.25, -0.2) is 4.98 Å². The van der Waals surface area contributed by atoms with E-state index in [0.29, 0.717) is 34.0 Å². The lowest BCUT2D eigenvalue weighted by molar-refractivity contribution is -0.113. The highest BCUT2D eigenvalue weighted by molar-refractivity contribution is 7.99. The van der Waals surface area contributed by atoms with Gasteiger partial charge in [0.15, 0.2) is 16.1 Å². The number of thioether (sulfide) groups is 1. The zero-order valence-corrected chi connectivity index (χ0v) is 21.2. The van der Waals surface area contributed by atoms with Crippen molar-refractivity contribution in [2.75, 3.05) is 18.2 Å². The van der Waals surface area contributed by atoms with Crippen molar-refractivity contribution >= 4 is 40.0 Å². The molecule has 180 valence electrons. The van der Waals surface area contributed by atoms with E-state index in [9.17, 15) is 9.59 Å². The van der Waals surface area contributed by atoms with Gasteiger partial charge in [-0.1, -0.05) is 31.7 Å². The fraction of sp³-hybridized carbons (Fsp3) is 0.348. The van der Waals surface area contributed by atoms with Gasteiger partial charge < -0.3 is 19.9 Å². The average Bonchev–Trinajstić information content (AvgIpc) is 3.41. The van der Waals surface area contributed by atoms with Crippen molar-refractivity contribution in [1.29, 1.82) is 0 Å². The molecule has 2 heterocycles. The average molecular weight is 501 g/mol. The van der Waals surface area contributed by atoms with E-state index in [-0.39, 0.29) is 29.5 Å². The third-order valence-electron chi connectivity index (χ3n) is 4.84. The molecule has 2 aromatic heterocycles. The number of allylic oxidation sites excluding steroid dienone is 1. The van der Waals surface area contributed by atoms with Crippen LogP contribution in [0, 0.1) is 12.8 Å². The van der Waals surface area contributed by atoms with Crippen LogP contribution in [-0.4, -0.2) is 44.4 Å². The summed E-state index contributed by atoms with van der Waals surface area (Å²) in [5.74, 6) is 1.08. The van der Waals surface area contributed by atoms with Gasteiger partial charge in [0.1, 0.15) is 5.75 Å². The normalized spacial score (nSPS) is 11.8. The number of aromatic nitrogens is 4. The number of aryl methyl sites for hydroxylation is 1. The van der Waals surface area contributed by atoms with Gasteiger partial charge in [-0.2, -0.15) is 0 Å². The van der Waals surface area contributed by atoms with E-state index >= 15 is 0 Å². The molecule has 0 spiro atoms. The Bertz CT molecular complexity index is 1140. The predicted octanol–water partition coefficient (Wildman–Crippen LogP) is 4.10. The highest BCUT2D eigenvalue weighted by Gasteiger charge is 2.26. The first-order valence-corrected chi connectivity index (χ1v) is 12.5. The van der Waals surface area contributed by atoms with Crippen LogP contribution in [0.3, 0.4) is 0 Å². The minimum Gasteiger partial charge on any atom is -0.497 e. The Labute approximate surface area is 207 Å². The van der Waals surface area contributed by atoms with Crippen molar-refractivity contribution in [2.45, 2.75) is 38.5 Å². The fourth-order valence-corrected chi connectivity index (χ4v) is 4.59. The molecule has 9 nitrogen and oxygen atoms in total. The number of hydrogen-bond donors (Lipinski definition) is 2. The number of nitrogens with one attached hydrogen (secondary N) is 2. The third-order valence-corrected chi connectivity index (χ3v) is 6.68. The Kier molecular flexibility index (Phi) is 8.83. The number of hydrogen-bond acceptors (Lipinski definition) is 8. The molecule has 0 saturated carbocycles. The summed E-state index contributed by atoms with van der Waals surface area (Å²) in [4.78, 5) is 29.5. The second-order valence-electron chi connectivity index (χ2n) is 7.79. The summed E-state index contributed by atoms with van der Waals surface area (Å²) in [6, 6.07) is 6.52. The summed E-state index contributed by atoms with van der Waals surface area (Å²) in [6.45, 7) is 10.2. The summed E-state index contributed by atoms with van der Waals surface area (Å²) in [5, 5.41) is 17.5. The van der Waals surface area contributed by atoms with Gasteiger partial charge in [-0.05, 0) is 37.1 Å². The largest absolute Gasteiger partial charge is 0.497 e. The highest BCUT2D eigenvalue weighted by atomic mass is 32.2. The topological polar surface area (TPSA) is 111 Å². The monoisotopic (exact) mass is 500 g/mol. The van der Waals surface area contributed by atoms with Crippen molar-refractivity contribution in [2.24, 2.45) is 5.92 Å². The molecule has 3 rings (SSSR count). The molecule has 2 amide bonds. The fourth-order valence-electron chi connectivity index (χ4n) is 3.13. The Morgan fingerprint density at radius 1 is 1.26 bits per heavy atom. The number of methoxy groups -OCH3 is 1. The summed E-state index contributed by atoms with van der Waals surface area (Å²) in [5.41, 5.74) is 1.38. The van der Waals surface area contributed by atoms with Crippen LogP contribution in [0.2, 0.25) is 0 Å². The zero-order chi connectivity index (χ0) is 24.7. The zero-order valence-electron chi connectivity index (χ0n) is 19.6. The number of anilines is 1. The molecule has 0 radical (unpaired) electrons. The summed E-state index contributed by atoms with van der Waals surface area (Å²) < 4.78 is 7.03. The summed E-state index contributed by atoms with van der Waals surface area (Å²) in [7, 11) is 1.58. The molecule has 0 fully saturated rings. The number of thiazole rings is 1. The molecule has 0 aliphatic rings. The van der Waals surface area contributed by atoms with E-state index < -0.39 is 0 Å². The smallest absolute Gasteiger partial charge is 0.251 e. The maximum atomic E-state index is 12.9. The highest BCUT2D eigenvalue weighted by Crippen LogP contribution is 2.26. The Balaban J connectivity index is 1.74. The number of nitrogens with zero attached hydrogens (tertiary/aromatic N) is 4. The van der Waals surface area contributed by atoms with Crippen molar-refractivity contribution in [3.63, 3.8) is 0 Å². The minimum absolute atomic E-state index is 0.0456. The van der Waals surface area contributed by atoms with E-state index in [1.165, 1.54) is 23.1 Å². The lowest BCUT2D eigenvalue weighted by atomic mass is 10.0. The van der Waals surface area contributed by atoms with Crippen LogP contribution in [-0.2, 0) is 11.3 Å². The molecule has 0 bridgehead atoms. The molecule has 0 saturated heterocycles. The second-order valence-corrected chi connectivity index (χ2v) is 9.60. The van der Waals surface area contributed by atoms with Gasteiger partial charge in [-0.15, -0.1) is 28.1 Å². The standard InChI is InChI=1S/C23H28N6O3S2/c1-6-11-29-20(19(14(2)3)26-21(31)16-7-9-17(32-5)10-8-16)27-28-23(29)34-13-18(30)25-22-24-15(4)12-33-22/h6-10,12,14,19H,1,11,13H2,2-5H3,(H,26,31)(H,24,25,30). The van der Waals surface area contributed by atoms with Crippen LogP contribution < -0.4 is 15.4 Å². The van der Waals surface area contributed by atoms with Gasteiger partial charge >= 0.3 is 0 Å². The number of carbonyl (C=O) groups is 2. The Morgan fingerprint density at radius 3 is 2.59 bits per heavy atom. The maximum absolute atomic E-state index is 12.9. The molecule has 1 atom stereocenters. The van der Waals surface area contributed by atoms with Crippen molar-refractivity contribution in [3.05, 3.63) is 59.4 Å². The van der Waals surface area contributed by atoms with E-state index in [4.69, 9.17) is 4.74 Å². The number of rotatable bonds is 11. The van der Waals surface area contributed by atoms with Crippen LogP contribution in [0.25, 0.3) is 0 Å². The molecule has 1 unspecified atom stereocenters. The molecule has 3 aromatic rings. The lowest BCUT2D eigenvalue weighted by Crippen LogP contribution is -2.33. The quantitative estimate of drug-likeness (QED) is 0.301. The molecule has 11 heteroatoms. The number of amides is 2. The molecular weight excluding hydrogens is 472 g/mol. The summed E-state index contributed by atoms with van der Waals surface area (Å²) >= 11 is 2.65. The van der Waals surface area contributed by atoms with Gasteiger partial charge in [0.2, 0.25) is 5.91 Å². The Morgan fingerprint density at radius 2 is 2.00 bits per heavy atom. The van der Waals surface area contributed by atoms with Gasteiger partial charge in [-0.3, -0.25) is 9.59 Å². The Hall–Kier alpha value is -3.18. The van der Waals surface area contributed by atoms with E-state index in [2.05, 4.69) is 32.4 Å². The van der Waals surface area contributed by atoms with Crippen LogP contribution in [0.4, 0.5) is 5.13 Å². The maximum Gasteiger partial charge on any atom is 0.251 e. The van der Waals surface area contributed by atoms with Crippen molar-refractivity contribution < 1.29 is 14.3 Å². The number of carbonyl (C=O) groups excluding carboxylic acids is 2. The van der Waals surface area contributed by atoms with Gasteiger partial charge in [0.05, 0.1) is 24.6 Å². The van der Waals surface area contributed by atoms with Gasteiger partial charge in [0, 0.05) is 17.5 Å². The first-order chi connectivity index (χ1) is 16.3. The van der Waals surface area contributed by atoms with E-state index in [1.54, 1.807) is 37.5 Å². The van der Waals surface area contributed by atoms with Crippen LogP contribution in [0.1, 0.15) is 41.8 Å². The molecule has 1 aromatic carbocycles. The second kappa shape index (κ2) is 11.8. The van der Waals surface area contributed by atoms with E-state index in [0.717, 1.165) is 5.69 Å². The molecule has 2 N–H and O–H groups in total. The van der Waals surface area contributed by atoms with Gasteiger partial charge in [0.25, 0.3) is 5.91 Å². The lowest BCUT2D eigenvalue weighted by Gasteiger charge is -2.22. The number of ether oxygens (including phenoxy) is 1. The van der Waals surface area contributed by atoms with Crippen LogP contribution >= 0.6 is 23.1 Å². The first-order valence-electron chi connectivity index (χ1n) is 10.7. The molecule has 0 aliphatic carbocycles. The molecule has 34 heavy (non-hydrogen) atoms. The predicted molar refractivity (Wildman–Crippen MR) is 134 cm³/mol. The van der Waals surface area contributed by atoms with Crippen molar-refractivity contribution in [1.82, 2.24) is 25.1 Å². The molecule has 0 aliphatic heterocycles. The minimum atomic E-state index is -0.386. The summed E-state index contributed by atoms with van der Waals surface area (Å²) in [6.07, 6.45) is 1.73. The third kappa shape index (κ3) is 6.45. The SMILES string of the molecule is C=CCn1c(SCC(=O)Nc2nc(C)cs2)nnc1C(NC(=O)c1ccc(OC)cc1)C(C)C. The van der Waals surface area contributed by atoms with Crippen LogP contribution in [0.5, 0.6) is 5.75 Å².